The van der Waals surface area contributed by atoms with Crippen LogP contribution in [-0.4, -0.2) is 7.11 Å². The largest absolute Gasteiger partial charge is 0.497 e. The van der Waals surface area contributed by atoms with Crippen LogP contribution in [-0.2, 0) is 0 Å². The SMILES string of the molecule is COc1ccc(-c2cc(=O)c3cc(F)cc(F)c3o2)cc1. The minimum Gasteiger partial charge on any atom is -0.497 e. The molecule has 0 spiro atoms. The van der Waals surface area contributed by atoms with E-state index in [-0.39, 0.29) is 16.7 Å². The van der Waals surface area contributed by atoms with Crippen LogP contribution >= 0.6 is 0 Å². The summed E-state index contributed by atoms with van der Waals surface area (Å²) >= 11 is 0. The molecule has 0 aliphatic carbocycles. The summed E-state index contributed by atoms with van der Waals surface area (Å²) in [7, 11) is 1.54. The lowest BCUT2D eigenvalue weighted by atomic mass is 10.1. The van der Waals surface area contributed by atoms with Gasteiger partial charge in [0.1, 0.15) is 17.3 Å². The highest BCUT2D eigenvalue weighted by molar-refractivity contribution is 5.79. The lowest BCUT2D eigenvalue weighted by Crippen LogP contribution is -2.02. The molecular formula is C16H10F2O3. The molecule has 0 radical (unpaired) electrons. The molecule has 3 rings (SSSR count). The first-order chi connectivity index (χ1) is 10.1. The molecule has 0 saturated heterocycles. The third kappa shape index (κ3) is 2.38. The first-order valence-corrected chi connectivity index (χ1v) is 6.16. The Morgan fingerprint density at radius 2 is 1.76 bits per heavy atom. The van der Waals surface area contributed by atoms with Crippen molar-refractivity contribution in [3.63, 3.8) is 0 Å². The molecule has 0 N–H and O–H groups in total. The van der Waals surface area contributed by atoms with E-state index in [9.17, 15) is 13.6 Å². The van der Waals surface area contributed by atoms with Crippen LogP contribution in [0.4, 0.5) is 8.78 Å². The van der Waals surface area contributed by atoms with E-state index in [2.05, 4.69) is 0 Å². The van der Waals surface area contributed by atoms with Gasteiger partial charge in [-0.05, 0) is 30.3 Å². The maximum Gasteiger partial charge on any atom is 0.193 e. The van der Waals surface area contributed by atoms with E-state index in [0.717, 1.165) is 6.07 Å². The quantitative estimate of drug-likeness (QED) is 0.721. The molecule has 0 fully saturated rings. The first kappa shape index (κ1) is 13.3. The Morgan fingerprint density at radius 3 is 2.43 bits per heavy atom. The second kappa shape index (κ2) is 5.01. The monoisotopic (exact) mass is 288 g/mol. The third-order valence-electron chi connectivity index (χ3n) is 3.12. The van der Waals surface area contributed by atoms with Gasteiger partial charge in [-0.25, -0.2) is 8.78 Å². The van der Waals surface area contributed by atoms with Gasteiger partial charge in [-0.3, -0.25) is 4.79 Å². The number of halogens is 2. The second-order valence-corrected chi connectivity index (χ2v) is 4.47. The van der Waals surface area contributed by atoms with Gasteiger partial charge in [-0.2, -0.15) is 0 Å². The van der Waals surface area contributed by atoms with Crippen LogP contribution in [0.2, 0.25) is 0 Å². The van der Waals surface area contributed by atoms with E-state index in [1.807, 2.05) is 0 Å². The predicted octanol–water partition coefficient (Wildman–Crippen LogP) is 3.75. The molecular weight excluding hydrogens is 278 g/mol. The molecule has 1 aromatic heterocycles. The average molecular weight is 288 g/mol. The van der Waals surface area contributed by atoms with Crippen molar-refractivity contribution in [3.8, 4) is 17.1 Å². The van der Waals surface area contributed by atoms with E-state index in [1.165, 1.54) is 13.2 Å². The van der Waals surface area contributed by atoms with Crippen LogP contribution in [0, 0.1) is 11.6 Å². The second-order valence-electron chi connectivity index (χ2n) is 4.47. The zero-order valence-corrected chi connectivity index (χ0v) is 11.0. The molecule has 1 heterocycles. The number of fused-ring (bicyclic) bond motifs is 1. The molecule has 0 aliphatic rings. The summed E-state index contributed by atoms with van der Waals surface area (Å²) in [4.78, 5) is 12.0. The van der Waals surface area contributed by atoms with Crippen LogP contribution in [0.25, 0.3) is 22.3 Å². The molecule has 106 valence electrons. The fourth-order valence-electron chi connectivity index (χ4n) is 2.08. The molecule has 21 heavy (non-hydrogen) atoms. The van der Waals surface area contributed by atoms with Gasteiger partial charge in [0.2, 0.25) is 0 Å². The molecule has 0 aliphatic heterocycles. The maximum atomic E-state index is 13.7. The number of ether oxygens (including phenoxy) is 1. The number of rotatable bonds is 2. The Hall–Kier alpha value is -2.69. The predicted molar refractivity (Wildman–Crippen MR) is 74.4 cm³/mol. The highest BCUT2D eigenvalue weighted by Crippen LogP contribution is 2.25. The summed E-state index contributed by atoms with van der Waals surface area (Å²) < 4.78 is 37.3. The summed E-state index contributed by atoms with van der Waals surface area (Å²) in [5.74, 6) is -0.863. The van der Waals surface area contributed by atoms with Gasteiger partial charge < -0.3 is 9.15 Å². The highest BCUT2D eigenvalue weighted by Gasteiger charge is 2.12. The van der Waals surface area contributed by atoms with Crippen LogP contribution < -0.4 is 10.2 Å². The van der Waals surface area contributed by atoms with Crippen molar-refractivity contribution in [2.45, 2.75) is 0 Å². The molecule has 5 heteroatoms. The summed E-state index contributed by atoms with van der Waals surface area (Å²) in [6.07, 6.45) is 0. The van der Waals surface area contributed by atoms with Crippen molar-refractivity contribution in [3.05, 3.63) is 64.3 Å². The van der Waals surface area contributed by atoms with Gasteiger partial charge in [-0.1, -0.05) is 0 Å². The van der Waals surface area contributed by atoms with Crippen molar-refractivity contribution in [2.24, 2.45) is 0 Å². The van der Waals surface area contributed by atoms with Crippen molar-refractivity contribution in [1.82, 2.24) is 0 Å². The maximum absolute atomic E-state index is 13.7. The van der Waals surface area contributed by atoms with Gasteiger partial charge in [0, 0.05) is 17.7 Å². The Labute approximate surface area is 118 Å². The molecule has 3 aromatic rings. The third-order valence-corrected chi connectivity index (χ3v) is 3.12. The van der Waals surface area contributed by atoms with Gasteiger partial charge in [-0.15, -0.1) is 0 Å². The number of methoxy groups -OCH3 is 1. The van der Waals surface area contributed by atoms with Gasteiger partial charge in [0.05, 0.1) is 12.5 Å². The van der Waals surface area contributed by atoms with E-state index < -0.39 is 17.1 Å². The summed E-state index contributed by atoms with van der Waals surface area (Å²) in [6, 6.07) is 9.62. The van der Waals surface area contributed by atoms with E-state index in [0.29, 0.717) is 17.4 Å². The van der Waals surface area contributed by atoms with E-state index >= 15 is 0 Å². The molecule has 0 saturated carbocycles. The van der Waals surface area contributed by atoms with Crippen molar-refractivity contribution >= 4 is 11.0 Å². The van der Waals surface area contributed by atoms with Crippen LogP contribution in [0.3, 0.4) is 0 Å². The van der Waals surface area contributed by atoms with E-state index in [1.54, 1.807) is 24.3 Å². The van der Waals surface area contributed by atoms with Crippen molar-refractivity contribution in [2.75, 3.05) is 7.11 Å². The Bertz CT molecular complexity index is 867. The Morgan fingerprint density at radius 1 is 1.05 bits per heavy atom. The summed E-state index contributed by atoms with van der Waals surface area (Å²) in [5, 5.41) is -0.121. The molecule has 2 aromatic carbocycles. The number of hydrogen-bond donors (Lipinski definition) is 0. The highest BCUT2D eigenvalue weighted by atomic mass is 19.1. The molecule has 0 amide bonds. The molecule has 0 atom stereocenters. The fraction of sp³-hybridized carbons (Fsp3) is 0.0625. The average Bonchev–Trinajstić information content (AvgIpc) is 2.48. The molecule has 0 bridgehead atoms. The normalized spacial score (nSPS) is 10.8. The number of benzene rings is 2. The number of hydrogen-bond acceptors (Lipinski definition) is 3. The smallest absolute Gasteiger partial charge is 0.193 e. The van der Waals surface area contributed by atoms with Crippen LogP contribution in [0.1, 0.15) is 0 Å². The molecule has 3 nitrogen and oxygen atoms in total. The lowest BCUT2D eigenvalue weighted by molar-refractivity contribution is 0.415. The van der Waals surface area contributed by atoms with Crippen LogP contribution in [0.5, 0.6) is 5.75 Å². The van der Waals surface area contributed by atoms with Crippen LogP contribution in [0.15, 0.2) is 51.7 Å². The van der Waals surface area contributed by atoms with Crippen molar-refractivity contribution in [1.29, 1.82) is 0 Å². The fourth-order valence-corrected chi connectivity index (χ4v) is 2.08. The summed E-state index contributed by atoms with van der Waals surface area (Å²) in [6.45, 7) is 0. The zero-order chi connectivity index (χ0) is 15.0. The van der Waals surface area contributed by atoms with Gasteiger partial charge >= 0.3 is 0 Å². The van der Waals surface area contributed by atoms with Gasteiger partial charge in [0.15, 0.2) is 16.8 Å². The zero-order valence-electron chi connectivity index (χ0n) is 11.0. The topological polar surface area (TPSA) is 39.4 Å². The van der Waals surface area contributed by atoms with E-state index in [4.69, 9.17) is 9.15 Å². The standard InChI is InChI=1S/C16H10F2O3/c1-20-11-4-2-9(3-5-11)15-8-14(19)12-6-10(17)7-13(18)16(12)21-15/h2-8H,1H3. The molecule has 0 unspecified atom stereocenters. The Balaban J connectivity index is 2.22. The van der Waals surface area contributed by atoms with Crippen molar-refractivity contribution < 1.29 is 17.9 Å². The van der Waals surface area contributed by atoms with Gasteiger partial charge in [0.25, 0.3) is 0 Å². The lowest BCUT2D eigenvalue weighted by Gasteiger charge is -2.05. The Kier molecular flexibility index (Phi) is 3.17. The minimum absolute atomic E-state index is 0.121. The minimum atomic E-state index is -0.905. The summed E-state index contributed by atoms with van der Waals surface area (Å²) in [5.41, 5.74) is -0.159. The first-order valence-electron chi connectivity index (χ1n) is 6.16.